The lowest BCUT2D eigenvalue weighted by molar-refractivity contribution is -0.149. The molecule has 1 saturated heterocycles. The monoisotopic (exact) mass is 317 g/mol. The lowest BCUT2D eigenvalue weighted by atomic mass is 9.90. The zero-order valence-electron chi connectivity index (χ0n) is 13.8. The van der Waals surface area contributed by atoms with E-state index in [1.54, 1.807) is 4.90 Å². The number of aliphatic carboxylic acids is 1. The third kappa shape index (κ3) is 3.05. The SMILES string of the molecule is Cc1cc2c(cc1C)OC(C(=O)N1CC(C)CC(C(=O)O)C1)C2. The van der Waals surface area contributed by atoms with Gasteiger partial charge in [0, 0.05) is 19.5 Å². The van der Waals surface area contributed by atoms with Crippen LogP contribution in [0.4, 0.5) is 0 Å². The van der Waals surface area contributed by atoms with Crippen LogP contribution in [0.25, 0.3) is 0 Å². The molecular formula is C18H23NO4. The number of carbonyl (C=O) groups excluding carboxylic acids is 1. The van der Waals surface area contributed by atoms with Crippen molar-refractivity contribution in [2.45, 2.75) is 39.7 Å². The number of fused-ring (bicyclic) bond motifs is 1. The smallest absolute Gasteiger partial charge is 0.308 e. The summed E-state index contributed by atoms with van der Waals surface area (Å²) in [6.45, 7) is 6.96. The maximum Gasteiger partial charge on any atom is 0.308 e. The Bertz CT molecular complexity index is 624. The number of nitrogens with zero attached hydrogens (tertiary/aromatic N) is 1. The number of amides is 1. The first-order chi connectivity index (χ1) is 10.8. The van der Waals surface area contributed by atoms with Crippen LogP contribution < -0.4 is 4.74 Å². The van der Waals surface area contributed by atoms with Gasteiger partial charge in [0.15, 0.2) is 6.10 Å². The summed E-state index contributed by atoms with van der Waals surface area (Å²) in [7, 11) is 0. The predicted molar refractivity (Wildman–Crippen MR) is 85.5 cm³/mol. The van der Waals surface area contributed by atoms with Gasteiger partial charge in [-0.3, -0.25) is 9.59 Å². The van der Waals surface area contributed by atoms with Crippen molar-refractivity contribution in [3.8, 4) is 5.75 Å². The van der Waals surface area contributed by atoms with E-state index < -0.39 is 18.0 Å². The van der Waals surface area contributed by atoms with Gasteiger partial charge in [0.2, 0.25) is 0 Å². The molecular weight excluding hydrogens is 294 g/mol. The average molecular weight is 317 g/mol. The summed E-state index contributed by atoms with van der Waals surface area (Å²) in [5.41, 5.74) is 3.40. The highest BCUT2D eigenvalue weighted by Gasteiger charge is 2.37. The van der Waals surface area contributed by atoms with Crippen LogP contribution in [0, 0.1) is 25.7 Å². The Kier molecular flexibility index (Phi) is 4.04. The van der Waals surface area contributed by atoms with Crippen LogP contribution in [0.3, 0.4) is 0 Å². The summed E-state index contributed by atoms with van der Waals surface area (Å²) in [5.74, 6) is -0.408. The highest BCUT2D eigenvalue weighted by Crippen LogP contribution is 2.33. The van der Waals surface area contributed by atoms with Crippen LogP contribution >= 0.6 is 0 Å². The van der Waals surface area contributed by atoms with Crippen molar-refractivity contribution in [3.05, 3.63) is 28.8 Å². The minimum absolute atomic E-state index is 0.0886. The van der Waals surface area contributed by atoms with Crippen molar-refractivity contribution in [3.63, 3.8) is 0 Å². The van der Waals surface area contributed by atoms with Crippen LogP contribution in [0.2, 0.25) is 0 Å². The van der Waals surface area contributed by atoms with E-state index in [-0.39, 0.29) is 18.4 Å². The van der Waals surface area contributed by atoms with E-state index in [1.165, 1.54) is 5.56 Å². The Hall–Kier alpha value is -2.04. The highest BCUT2D eigenvalue weighted by molar-refractivity contribution is 5.83. The zero-order chi connectivity index (χ0) is 16.7. The molecule has 3 atom stereocenters. The first-order valence-electron chi connectivity index (χ1n) is 8.13. The molecule has 0 aliphatic carbocycles. The van der Waals surface area contributed by atoms with E-state index in [9.17, 15) is 14.7 Å². The minimum atomic E-state index is -0.823. The number of piperidine rings is 1. The van der Waals surface area contributed by atoms with Gasteiger partial charge >= 0.3 is 5.97 Å². The number of carbonyl (C=O) groups is 2. The van der Waals surface area contributed by atoms with E-state index in [2.05, 4.69) is 13.0 Å². The van der Waals surface area contributed by atoms with Crippen LogP contribution in [-0.4, -0.2) is 41.1 Å². The number of benzene rings is 1. The van der Waals surface area contributed by atoms with Crippen LogP contribution in [0.1, 0.15) is 30.0 Å². The molecule has 3 unspecified atom stereocenters. The molecule has 2 aliphatic rings. The molecule has 1 amide bonds. The fourth-order valence-electron chi connectivity index (χ4n) is 3.57. The molecule has 124 valence electrons. The Labute approximate surface area is 136 Å². The maximum atomic E-state index is 12.8. The Morgan fingerprint density at radius 3 is 2.61 bits per heavy atom. The van der Waals surface area contributed by atoms with Gasteiger partial charge in [-0.1, -0.05) is 13.0 Å². The molecule has 2 aliphatic heterocycles. The molecule has 1 aromatic carbocycles. The van der Waals surface area contributed by atoms with E-state index in [0.29, 0.717) is 19.4 Å². The molecule has 0 aromatic heterocycles. The number of rotatable bonds is 2. The molecule has 5 nitrogen and oxygen atoms in total. The van der Waals surface area contributed by atoms with Crippen LogP contribution in [0.15, 0.2) is 12.1 Å². The lowest BCUT2D eigenvalue weighted by Gasteiger charge is -2.35. The fourth-order valence-corrected chi connectivity index (χ4v) is 3.57. The van der Waals surface area contributed by atoms with Gasteiger partial charge in [0.25, 0.3) is 5.91 Å². The summed E-state index contributed by atoms with van der Waals surface area (Å²) in [6.07, 6.45) is 0.673. The number of hydrogen-bond donors (Lipinski definition) is 1. The topological polar surface area (TPSA) is 66.8 Å². The third-order valence-corrected chi connectivity index (χ3v) is 4.95. The number of hydrogen-bond acceptors (Lipinski definition) is 3. The van der Waals surface area contributed by atoms with E-state index in [0.717, 1.165) is 16.9 Å². The third-order valence-electron chi connectivity index (χ3n) is 4.95. The second kappa shape index (κ2) is 5.87. The predicted octanol–water partition coefficient (Wildman–Crippen LogP) is 2.18. The second-order valence-corrected chi connectivity index (χ2v) is 6.97. The summed E-state index contributed by atoms with van der Waals surface area (Å²) < 4.78 is 5.85. The van der Waals surface area contributed by atoms with Gasteiger partial charge in [0.05, 0.1) is 5.92 Å². The molecule has 1 fully saturated rings. The van der Waals surface area contributed by atoms with Crippen molar-refractivity contribution < 1.29 is 19.4 Å². The number of likely N-dealkylation sites (tertiary alicyclic amines) is 1. The van der Waals surface area contributed by atoms with Crippen molar-refractivity contribution in [2.24, 2.45) is 11.8 Å². The Morgan fingerprint density at radius 2 is 1.91 bits per heavy atom. The van der Waals surface area contributed by atoms with E-state index in [1.807, 2.05) is 19.9 Å². The molecule has 0 radical (unpaired) electrons. The van der Waals surface area contributed by atoms with Crippen molar-refractivity contribution in [1.29, 1.82) is 0 Å². The van der Waals surface area contributed by atoms with Crippen LogP contribution in [-0.2, 0) is 16.0 Å². The molecule has 1 aromatic rings. The van der Waals surface area contributed by atoms with Crippen LogP contribution in [0.5, 0.6) is 5.75 Å². The number of carboxylic acids is 1. The standard InChI is InChI=1S/C18H23NO4/c1-10-4-14(18(21)22)9-19(8-10)17(20)16-7-13-5-11(2)12(3)6-15(13)23-16/h5-6,10,14,16H,4,7-9H2,1-3H3,(H,21,22). The molecule has 1 N–H and O–H groups in total. The maximum absolute atomic E-state index is 12.8. The summed E-state index contributed by atoms with van der Waals surface area (Å²) >= 11 is 0. The number of aryl methyl sites for hydroxylation is 2. The van der Waals surface area contributed by atoms with Gasteiger partial charge in [-0.2, -0.15) is 0 Å². The van der Waals surface area contributed by atoms with Crippen molar-refractivity contribution in [1.82, 2.24) is 4.90 Å². The average Bonchev–Trinajstić information content (AvgIpc) is 2.89. The molecule has 2 heterocycles. The zero-order valence-corrected chi connectivity index (χ0v) is 13.8. The van der Waals surface area contributed by atoms with Gasteiger partial charge in [-0.15, -0.1) is 0 Å². The molecule has 0 bridgehead atoms. The van der Waals surface area contributed by atoms with E-state index >= 15 is 0 Å². The minimum Gasteiger partial charge on any atom is -0.481 e. The summed E-state index contributed by atoms with van der Waals surface area (Å²) in [5, 5.41) is 9.25. The number of carboxylic acid groups (broad SMARTS) is 1. The molecule has 23 heavy (non-hydrogen) atoms. The molecule has 0 spiro atoms. The normalized spacial score (nSPS) is 26.6. The van der Waals surface area contributed by atoms with Crippen molar-refractivity contribution >= 4 is 11.9 Å². The lowest BCUT2D eigenvalue weighted by Crippen LogP contribution is -2.50. The van der Waals surface area contributed by atoms with Gasteiger partial charge in [-0.05, 0) is 48.9 Å². The Balaban J connectivity index is 1.73. The van der Waals surface area contributed by atoms with Gasteiger partial charge in [0.1, 0.15) is 5.75 Å². The number of ether oxygens (including phenoxy) is 1. The highest BCUT2D eigenvalue weighted by atomic mass is 16.5. The first kappa shape index (κ1) is 15.8. The molecule has 3 rings (SSSR count). The second-order valence-electron chi connectivity index (χ2n) is 6.97. The van der Waals surface area contributed by atoms with Gasteiger partial charge in [-0.25, -0.2) is 0 Å². The quantitative estimate of drug-likeness (QED) is 0.908. The molecule has 0 saturated carbocycles. The first-order valence-corrected chi connectivity index (χ1v) is 8.13. The summed E-state index contributed by atoms with van der Waals surface area (Å²) in [6, 6.07) is 4.06. The largest absolute Gasteiger partial charge is 0.481 e. The Morgan fingerprint density at radius 1 is 1.22 bits per heavy atom. The van der Waals surface area contributed by atoms with Gasteiger partial charge < -0.3 is 14.7 Å². The van der Waals surface area contributed by atoms with E-state index in [4.69, 9.17) is 4.74 Å². The fraction of sp³-hybridized carbons (Fsp3) is 0.556. The molecule has 5 heteroatoms. The van der Waals surface area contributed by atoms with Crippen molar-refractivity contribution in [2.75, 3.05) is 13.1 Å². The summed E-state index contributed by atoms with van der Waals surface area (Å²) in [4.78, 5) is 25.7.